The van der Waals surface area contributed by atoms with Crippen molar-refractivity contribution in [2.24, 2.45) is 5.41 Å². The molecule has 0 aliphatic carbocycles. The van der Waals surface area contributed by atoms with E-state index in [9.17, 15) is 9.90 Å². The average molecular weight is 257 g/mol. The predicted octanol–water partition coefficient (Wildman–Crippen LogP) is 2.38. The number of ether oxygens (including phenoxy) is 1. The largest absolute Gasteiger partial charge is 0.481 e. The highest BCUT2D eigenvalue weighted by Crippen LogP contribution is 2.27. The Labute approximate surface area is 110 Å². The smallest absolute Gasteiger partial charge is 0.310 e. The van der Waals surface area contributed by atoms with Crippen LogP contribution in [0.4, 0.5) is 0 Å². The lowest BCUT2D eigenvalue weighted by Gasteiger charge is -2.37. The zero-order valence-electron chi connectivity index (χ0n) is 11.9. The van der Waals surface area contributed by atoms with Crippen molar-refractivity contribution in [3.8, 4) is 0 Å². The molecule has 0 amide bonds. The lowest BCUT2D eigenvalue weighted by atomic mass is 9.84. The van der Waals surface area contributed by atoms with Gasteiger partial charge in [-0.15, -0.1) is 0 Å². The highest BCUT2D eigenvalue weighted by atomic mass is 16.5. The van der Waals surface area contributed by atoms with Gasteiger partial charge < -0.3 is 9.84 Å². The summed E-state index contributed by atoms with van der Waals surface area (Å²) >= 11 is 0. The molecule has 1 saturated heterocycles. The van der Waals surface area contributed by atoms with E-state index >= 15 is 0 Å². The minimum atomic E-state index is -0.678. The Morgan fingerprint density at radius 1 is 1.50 bits per heavy atom. The van der Waals surface area contributed by atoms with Gasteiger partial charge in [0.25, 0.3) is 0 Å². The summed E-state index contributed by atoms with van der Waals surface area (Å²) < 4.78 is 5.66. The maximum Gasteiger partial charge on any atom is 0.310 e. The van der Waals surface area contributed by atoms with Gasteiger partial charge in [0.1, 0.15) is 0 Å². The summed E-state index contributed by atoms with van der Waals surface area (Å²) in [6, 6.07) is 0. The van der Waals surface area contributed by atoms with Gasteiger partial charge in [0.05, 0.1) is 11.5 Å². The summed E-state index contributed by atoms with van der Waals surface area (Å²) in [6.45, 7) is 9.17. The first kappa shape index (κ1) is 15.4. The van der Waals surface area contributed by atoms with Gasteiger partial charge in [0, 0.05) is 19.7 Å². The van der Waals surface area contributed by atoms with Gasteiger partial charge in [0.15, 0.2) is 0 Å². The van der Waals surface area contributed by atoms with E-state index in [1.54, 1.807) is 0 Å². The van der Waals surface area contributed by atoms with Crippen molar-refractivity contribution in [2.45, 2.75) is 52.6 Å². The van der Waals surface area contributed by atoms with Crippen molar-refractivity contribution in [3.63, 3.8) is 0 Å². The van der Waals surface area contributed by atoms with Gasteiger partial charge in [-0.05, 0) is 39.7 Å². The minimum absolute atomic E-state index is 0.281. The van der Waals surface area contributed by atoms with E-state index in [4.69, 9.17) is 4.74 Å². The van der Waals surface area contributed by atoms with Gasteiger partial charge in [-0.25, -0.2) is 0 Å². The Hall–Kier alpha value is -0.610. The lowest BCUT2D eigenvalue weighted by Crippen LogP contribution is -2.47. The normalized spacial score (nSPS) is 24.7. The van der Waals surface area contributed by atoms with Crippen LogP contribution in [-0.2, 0) is 9.53 Å². The maximum atomic E-state index is 11.4. The Morgan fingerprint density at radius 3 is 2.78 bits per heavy atom. The van der Waals surface area contributed by atoms with Crippen molar-refractivity contribution in [1.29, 1.82) is 0 Å². The Morgan fingerprint density at radius 2 is 2.22 bits per heavy atom. The standard InChI is InChI=1S/C14H27NO3/c1-4-8-14(3,13(16)17)11-15-9-6-7-12(10-15)18-5-2/h12H,4-11H2,1-3H3,(H,16,17). The molecule has 2 atom stereocenters. The third kappa shape index (κ3) is 4.25. The average Bonchev–Trinajstić information content (AvgIpc) is 2.30. The van der Waals surface area contributed by atoms with E-state index in [2.05, 4.69) is 4.90 Å². The Balaban J connectivity index is 2.55. The van der Waals surface area contributed by atoms with E-state index in [0.717, 1.165) is 45.4 Å². The third-order valence-corrected chi connectivity index (χ3v) is 3.76. The zero-order chi connectivity index (χ0) is 13.6. The van der Waals surface area contributed by atoms with Crippen molar-refractivity contribution in [3.05, 3.63) is 0 Å². The van der Waals surface area contributed by atoms with Crippen molar-refractivity contribution >= 4 is 5.97 Å². The summed E-state index contributed by atoms with van der Waals surface area (Å²) in [6.07, 6.45) is 4.13. The molecule has 1 heterocycles. The van der Waals surface area contributed by atoms with Crippen LogP contribution in [0.3, 0.4) is 0 Å². The first-order chi connectivity index (χ1) is 8.51. The van der Waals surface area contributed by atoms with Crippen LogP contribution >= 0.6 is 0 Å². The summed E-state index contributed by atoms with van der Waals surface area (Å²) in [5.74, 6) is -0.678. The molecule has 0 aromatic rings. The molecule has 4 heteroatoms. The van der Waals surface area contributed by atoms with Crippen LogP contribution in [-0.4, -0.2) is 48.3 Å². The molecule has 4 nitrogen and oxygen atoms in total. The minimum Gasteiger partial charge on any atom is -0.481 e. The van der Waals surface area contributed by atoms with Crippen LogP contribution in [0, 0.1) is 5.41 Å². The molecular formula is C14H27NO3. The number of aliphatic carboxylic acids is 1. The molecule has 0 aromatic carbocycles. The van der Waals surface area contributed by atoms with Crippen molar-refractivity contribution in [2.75, 3.05) is 26.2 Å². The highest BCUT2D eigenvalue weighted by Gasteiger charge is 2.35. The fourth-order valence-corrected chi connectivity index (χ4v) is 2.83. The first-order valence-electron chi connectivity index (χ1n) is 7.09. The molecule has 1 rings (SSSR count). The summed E-state index contributed by atoms with van der Waals surface area (Å²) in [5.41, 5.74) is -0.622. The number of nitrogens with zero attached hydrogens (tertiary/aromatic N) is 1. The summed E-state index contributed by atoms with van der Waals surface area (Å²) in [5, 5.41) is 9.41. The molecule has 0 spiro atoms. The molecule has 18 heavy (non-hydrogen) atoms. The van der Waals surface area contributed by atoms with Crippen LogP contribution in [0.2, 0.25) is 0 Å². The van der Waals surface area contributed by atoms with E-state index < -0.39 is 11.4 Å². The number of likely N-dealkylation sites (tertiary alicyclic amines) is 1. The maximum absolute atomic E-state index is 11.4. The Bertz CT molecular complexity index is 268. The SMILES string of the molecule is CCCC(C)(CN1CCCC(OCC)C1)C(=O)O. The van der Waals surface area contributed by atoms with Gasteiger partial charge >= 0.3 is 5.97 Å². The number of piperidine rings is 1. The van der Waals surface area contributed by atoms with Crippen molar-refractivity contribution < 1.29 is 14.6 Å². The van der Waals surface area contributed by atoms with Gasteiger partial charge in [0.2, 0.25) is 0 Å². The number of carboxylic acids is 1. The fourth-order valence-electron chi connectivity index (χ4n) is 2.83. The molecule has 0 radical (unpaired) electrons. The second-order valence-corrected chi connectivity index (χ2v) is 5.57. The molecule has 1 aliphatic rings. The Kier molecular flexibility index (Phi) is 6.09. The second-order valence-electron chi connectivity index (χ2n) is 5.57. The topological polar surface area (TPSA) is 49.8 Å². The van der Waals surface area contributed by atoms with E-state index in [-0.39, 0.29) is 6.10 Å². The predicted molar refractivity (Wildman–Crippen MR) is 71.7 cm³/mol. The number of hydrogen-bond donors (Lipinski definition) is 1. The highest BCUT2D eigenvalue weighted by molar-refractivity contribution is 5.74. The molecule has 1 aliphatic heterocycles. The summed E-state index contributed by atoms with van der Waals surface area (Å²) in [4.78, 5) is 13.7. The van der Waals surface area contributed by atoms with Crippen LogP contribution in [0.5, 0.6) is 0 Å². The van der Waals surface area contributed by atoms with Crippen molar-refractivity contribution in [1.82, 2.24) is 4.90 Å². The van der Waals surface area contributed by atoms with Crippen LogP contribution in [0.1, 0.15) is 46.5 Å². The quantitative estimate of drug-likeness (QED) is 0.760. The van der Waals surface area contributed by atoms with E-state index in [1.165, 1.54) is 0 Å². The van der Waals surface area contributed by atoms with Gasteiger partial charge in [-0.2, -0.15) is 0 Å². The van der Waals surface area contributed by atoms with Crippen LogP contribution < -0.4 is 0 Å². The van der Waals surface area contributed by atoms with Crippen LogP contribution in [0.15, 0.2) is 0 Å². The lowest BCUT2D eigenvalue weighted by molar-refractivity contribution is -0.150. The molecular weight excluding hydrogens is 230 g/mol. The first-order valence-corrected chi connectivity index (χ1v) is 7.09. The summed E-state index contributed by atoms with van der Waals surface area (Å²) in [7, 11) is 0. The van der Waals surface area contributed by atoms with Gasteiger partial charge in [-0.1, -0.05) is 13.3 Å². The molecule has 0 aromatic heterocycles. The number of rotatable bonds is 7. The number of carboxylic acid groups (broad SMARTS) is 1. The fraction of sp³-hybridized carbons (Fsp3) is 0.929. The second kappa shape index (κ2) is 7.10. The zero-order valence-corrected chi connectivity index (χ0v) is 11.9. The molecule has 106 valence electrons. The number of carbonyl (C=O) groups is 1. The van der Waals surface area contributed by atoms with Gasteiger partial charge in [-0.3, -0.25) is 9.69 Å². The van der Waals surface area contributed by atoms with Crippen LogP contribution in [0.25, 0.3) is 0 Å². The molecule has 1 N–H and O–H groups in total. The number of hydrogen-bond acceptors (Lipinski definition) is 3. The molecule has 2 unspecified atom stereocenters. The third-order valence-electron chi connectivity index (χ3n) is 3.76. The van der Waals surface area contributed by atoms with E-state index in [0.29, 0.717) is 6.54 Å². The molecule has 1 fully saturated rings. The monoisotopic (exact) mass is 257 g/mol. The molecule has 0 saturated carbocycles. The van der Waals surface area contributed by atoms with E-state index in [1.807, 2.05) is 20.8 Å². The molecule has 0 bridgehead atoms.